The molecule has 1 N–H and O–H groups in total. The van der Waals surface area contributed by atoms with Crippen LogP contribution in [0.1, 0.15) is 6.92 Å². The Kier molecular flexibility index (Phi) is 5.43. The molecular weight excluding hydrogens is 381 g/mol. The molecule has 0 radical (unpaired) electrons. The third kappa shape index (κ3) is 4.08. The topological polar surface area (TPSA) is 72.0 Å². The summed E-state index contributed by atoms with van der Waals surface area (Å²) < 4.78 is 24.1. The van der Waals surface area contributed by atoms with Crippen LogP contribution in [-0.2, 0) is 20.7 Å². The lowest BCUT2D eigenvalue weighted by Crippen LogP contribution is -2.22. The number of carbonyl (C=O) groups is 1. The summed E-state index contributed by atoms with van der Waals surface area (Å²) in [6.07, 6.45) is 2.60. The van der Waals surface area contributed by atoms with E-state index < -0.39 is 11.7 Å². The number of rotatable bonds is 5. The molecule has 2 heterocycles. The van der Waals surface area contributed by atoms with Crippen LogP contribution in [0.2, 0.25) is 0 Å². The second-order valence-electron chi connectivity index (χ2n) is 4.21. The van der Waals surface area contributed by atoms with E-state index >= 15 is 0 Å². The molecule has 0 saturated heterocycles. The quantitative estimate of drug-likeness (QED) is 0.796. The number of hydrogen-bond acceptors (Lipinski definition) is 5. The summed E-state index contributed by atoms with van der Waals surface area (Å²) in [5.74, 6) is -0.916. The summed E-state index contributed by atoms with van der Waals surface area (Å²) in [5, 5.41) is 3.76. The number of thiazole rings is 1. The highest BCUT2D eigenvalue weighted by Gasteiger charge is 2.21. The van der Waals surface area contributed by atoms with Gasteiger partial charge >= 0.3 is 11.7 Å². The van der Waals surface area contributed by atoms with Crippen LogP contribution in [0.5, 0.6) is 0 Å². The fraction of sp³-hybridized carbons (Fsp3) is 0.250. The maximum absolute atomic E-state index is 13.2. The number of halogens is 2. The number of aromatic nitrogens is 2. The predicted octanol–water partition coefficient (Wildman–Crippen LogP) is 3.11. The van der Waals surface area contributed by atoms with Gasteiger partial charge in [0.2, 0.25) is 11.7 Å². The van der Waals surface area contributed by atoms with E-state index in [1.165, 1.54) is 23.6 Å². The predicted molar refractivity (Wildman–Crippen MR) is 83.7 cm³/mol. The van der Waals surface area contributed by atoms with Crippen molar-refractivity contribution >= 4 is 49.8 Å². The highest BCUT2D eigenvalue weighted by Crippen LogP contribution is 2.35. The molecule has 21 heavy (non-hydrogen) atoms. The van der Waals surface area contributed by atoms with E-state index in [4.69, 9.17) is 0 Å². The van der Waals surface area contributed by atoms with Crippen molar-refractivity contribution in [2.24, 2.45) is 5.92 Å². The second-order valence-corrected chi connectivity index (χ2v) is 6.52. The van der Waals surface area contributed by atoms with Gasteiger partial charge in [0, 0.05) is 16.0 Å². The maximum Gasteiger partial charge on any atom is 0.459 e. The molecule has 2 aromatic heterocycles. The lowest BCUT2D eigenvalue weighted by molar-refractivity contribution is -0.118. The molecular formula is C12H10BrFN3O2S2+. The SMILES string of the molecule is CC(C[S+]=O)C(=O)Nc1sc(-c2cncc(F)c2)nc1Br. The van der Waals surface area contributed by atoms with Gasteiger partial charge in [-0.05, 0) is 28.9 Å². The Hall–Kier alpha value is -1.32. The molecule has 2 rings (SSSR count). The minimum atomic E-state index is -0.453. The zero-order valence-corrected chi connectivity index (χ0v) is 14.0. The van der Waals surface area contributed by atoms with Crippen LogP contribution >= 0.6 is 27.3 Å². The second kappa shape index (κ2) is 7.10. The van der Waals surface area contributed by atoms with Crippen LogP contribution in [0.25, 0.3) is 10.6 Å². The van der Waals surface area contributed by atoms with Crippen molar-refractivity contribution in [3.63, 3.8) is 0 Å². The first-order valence-corrected chi connectivity index (χ1v) is 8.36. The Morgan fingerprint density at radius 1 is 1.57 bits per heavy atom. The van der Waals surface area contributed by atoms with E-state index in [1.54, 1.807) is 6.92 Å². The molecule has 1 unspecified atom stereocenters. The third-order valence-electron chi connectivity index (χ3n) is 2.54. The number of nitrogens with one attached hydrogen (secondary N) is 1. The van der Waals surface area contributed by atoms with E-state index in [0.717, 1.165) is 6.20 Å². The van der Waals surface area contributed by atoms with E-state index in [-0.39, 0.29) is 11.7 Å². The Labute approximate surface area is 136 Å². The number of hydrogen-bond donors (Lipinski definition) is 1. The standard InChI is InChI=1S/C12H9BrFN3O2S2/c1-6(5-20-19)10(18)17-12-9(13)16-11(21-12)7-2-8(14)4-15-3-7/h2-4,6H,5H2,1H3/p+1. The van der Waals surface area contributed by atoms with Gasteiger partial charge in [0.15, 0.2) is 0 Å². The van der Waals surface area contributed by atoms with Crippen LogP contribution in [-0.4, -0.2) is 21.6 Å². The Balaban J connectivity index is 2.20. The fourth-order valence-electron chi connectivity index (χ4n) is 1.44. The number of nitrogens with zero attached hydrogens (tertiary/aromatic N) is 2. The maximum atomic E-state index is 13.2. The molecule has 0 fully saturated rings. The minimum Gasteiger partial charge on any atom is -0.315 e. The first-order valence-electron chi connectivity index (χ1n) is 5.84. The molecule has 0 aliphatic carbocycles. The fourth-order valence-corrected chi connectivity index (χ4v) is 3.28. The average molecular weight is 391 g/mol. The molecule has 0 saturated carbocycles. The zero-order chi connectivity index (χ0) is 15.4. The van der Waals surface area contributed by atoms with Crippen LogP contribution in [0.3, 0.4) is 0 Å². The normalized spacial score (nSPS) is 12.0. The van der Waals surface area contributed by atoms with Crippen molar-refractivity contribution < 1.29 is 13.4 Å². The van der Waals surface area contributed by atoms with Crippen molar-refractivity contribution in [3.05, 3.63) is 28.9 Å². The summed E-state index contributed by atoms with van der Waals surface area (Å²) in [5.41, 5.74) is 0.532. The molecule has 0 aromatic carbocycles. The Morgan fingerprint density at radius 3 is 3.00 bits per heavy atom. The number of carbonyl (C=O) groups excluding carboxylic acids is 1. The monoisotopic (exact) mass is 390 g/mol. The molecule has 2 aromatic rings. The number of amides is 1. The van der Waals surface area contributed by atoms with Crippen LogP contribution in [0, 0.1) is 11.7 Å². The van der Waals surface area contributed by atoms with E-state index in [9.17, 15) is 13.4 Å². The zero-order valence-electron chi connectivity index (χ0n) is 10.8. The summed E-state index contributed by atoms with van der Waals surface area (Å²) in [6, 6.07) is 1.32. The van der Waals surface area contributed by atoms with Gasteiger partial charge in [-0.15, -0.1) is 0 Å². The molecule has 110 valence electrons. The van der Waals surface area contributed by atoms with Crippen LogP contribution < -0.4 is 5.32 Å². The largest absolute Gasteiger partial charge is 0.459 e. The smallest absolute Gasteiger partial charge is 0.315 e. The molecule has 0 aliphatic rings. The van der Waals surface area contributed by atoms with Crippen molar-refractivity contribution in [3.8, 4) is 10.6 Å². The Morgan fingerprint density at radius 2 is 2.33 bits per heavy atom. The lowest BCUT2D eigenvalue weighted by Gasteiger charge is -2.03. The molecule has 0 aliphatic heterocycles. The minimum absolute atomic E-state index is 0.197. The molecule has 0 spiro atoms. The summed E-state index contributed by atoms with van der Waals surface area (Å²) in [7, 11) is 0. The summed E-state index contributed by atoms with van der Waals surface area (Å²) in [4.78, 5) is 19.9. The Bertz CT molecular complexity index is 680. The van der Waals surface area contributed by atoms with Gasteiger partial charge < -0.3 is 5.32 Å². The van der Waals surface area contributed by atoms with Crippen molar-refractivity contribution in [2.45, 2.75) is 6.92 Å². The molecule has 0 bridgehead atoms. The van der Waals surface area contributed by atoms with Crippen LogP contribution in [0.4, 0.5) is 9.39 Å². The third-order valence-corrected chi connectivity index (χ3v) is 5.03. The molecule has 1 amide bonds. The van der Waals surface area contributed by atoms with Gasteiger partial charge in [-0.2, -0.15) is 0 Å². The van der Waals surface area contributed by atoms with Gasteiger partial charge in [0.1, 0.15) is 20.4 Å². The molecule has 1 atom stereocenters. The summed E-state index contributed by atoms with van der Waals surface area (Å²) in [6.45, 7) is 1.67. The van der Waals surface area contributed by atoms with E-state index in [0.29, 0.717) is 31.8 Å². The number of pyridine rings is 1. The van der Waals surface area contributed by atoms with Gasteiger partial charge in [0.25, 0.3) is 0 Å². The molecule has 9 heteroatoms. The van der Waals surface area contributed by atoms with Gasteiger partial charge in [-0.1, -0.05) is 11.3 Å². The van der Waals surface area contributed by atoms with Gasteiger partial charge in [0.05, 0.1) is 12.1 Å². The molecule has 5 nitrogen and oxygen atoms in total. The van der Waals surface area contributed by atoms with Crippen molar-refractivity contribution in [2.75, 3.05) is 11.1 Å². The van der Waals surface area contributed by atoms with Crippen molar-refractivity contribution in [1.29, 1.82) is 0 Å². The number of anilines is 1. The van der Waals surface area contributed by atoms with E-state index in [1.807, 2.05) is 0 Å². The first kappa shape index (κ1) is 16.1. The van der Waals surface area contributed by atoms with Gasteiger partial charge in [-0.3, -0.25) is 9.78 Å². The average Bonchev–Trinajstić information content (AvgIpc) is 2.80. The van der Waals surface area contributed by atoms with Gasteiger partial charge in [-0.25, -0.2) is 9.37 Å². The van der Waals surface area contributed by atoms with E-state index in [2.05, 4.69) is 31.2 Å². The highest BCUT2D eigenvalue weighted by molar-refractivity contribution is 9.10. The highest BCUT2D eigenvalue weighted by atomic mass is 79.9. The first-order chi connectivity index (χ1) is 10.0. The lowest BCUT2D eigenvalue weighted by atomic mass is 10.2. The summed E-state index contributed by atoms with van der Waals surface area (Å²) >= 11 is 4.83. The van der Waals surface area contributed by atoms with Crippen LogP contribution in [0.15, 0.2) is 23.1 Å². The van der Waals surface area contributed by atoms with Crippen molar-refractivity contribution in [1.82, 2.24) is 9.97 Å².